The third-order valence-electron chi connectivity index (χ3n) is 6.83. The molecule has 2 heterocycles. The van der Waals surface area contributed by atoms with E-state index in [1.54, 1.807) is 18.2 Å². The third-order valence-corrected chi connectivity index (χ3v) is 8.75. The van der Waals surface area contributed by atoms with E-state index in [0.717, 1.165) is 32.1 Å². The minimum Gasteiger partial charge on any atom is -0.508 e. The number of hydrogen-bond acceptors (Lipinski definition) is 7. The predicted octanol–water partition coefficient (Wildman–Crippen LogP) is 3.54. The Balaban J connectivity index is 1.59. The van der Waals surface area contributed by atoms with Crippen molar-refractivity contribution in [1.82, 2.24) is 24.4 Å². The first-order valence-electron chi connectivity index (χ1n) is 12.6. The molecule has 1 aliphatic carbocycles. The zero-order chi connectivity index (χ0) is 26.3. The number of piperidine rings is 1. The molecule has 1 amide bonds. The van der Waals surface area contributed by atoms with E-state index >= 15 is 0 Å². The van der Waals surface area contributed by atoms with Crippen LogP contribution in [0.3, 0.4) is 0 Å². The molecule has 0 bridgehead atoms. The summed E-state index contributed by atoms with van der Waals surface area (Å²) in [5.41, 5.74) is 1.37. The largest absolute Gasteiger partial charge is 0.508 e. The zero-order valence-corrected chi connectivity index (χ0v) is 21.7. The van der Waals surface area contributed by atoms with Crippen molar-refractivity contribution in [1.29, 1.82) is 0 Å². The number of nitrogens with zero attached hydrogens (tertiary/aromatic N) is 4. The fraction of sp³-hybridized carbons (Fsp3) is 0.423. The Morgan fingerprint density at radius 3 is 2.30 bits per heavy atom. The van der Waals surface area contributed by atoms with Gasteiger partial charge < -0.3 is 15.5 Å². The highest BCUT2D eigenvalue weighted by Crippen LogP contribution is 2.38. The van der Waals surface area contributed by atoms with Crippen LogP contribution >= 0.6 is 0 Å². The monoisotopic (exact) mass is 525 g/mol. The Labute approximate surface area is 216 Å². The number of phenolic OH excluding ortho intramolecular Hbond substituents is 2. The molecule has 1 saturated carbocycles. The molecule has 2 aromatic carbocycles. The normalized spacial score (nSPS) is 16.7. The minimum atomic E-state index is -3.62. The highest BCUT2D eigenvalue weighted by atomic mass is 32.2. The first-order chi connectivity index (χ1) is 17.7. The summed E-state index contributed by atoms with van der Waals surface area (Å²) in [6.07, 6.45) is 4.50. The summed E-state index contributed by atoms with van der Waals surface area (Å²) in [6.45, 7) is 4.83. The number of carbonyl (C=O) groups is 1. The van der Waals surface area contributed by atoms with Crippen molar-refractivity contribution in [3.63, 3.8) is 0 Å². The highest BCUT2D eigenvalue weighted by molar-refractivity contribution is 7.89. The van der Waals surface area contributed by atoms with Crippen LogP contribution in [-0.2, 0) is 10.0 Å². The zero-order valence-electron chi connectivity index (χ0n) is 20.9. The van der Waals surface area contributed by atoms with Crippen LogP contribution in [0.2, 0.25) is 0 Å². The molecule has 2 fully saturated rings. The van der Waals surface area contributed by atoms with E-state index in [9.17, 15) is 23.4 Å². The lowest BCUT2D eigenvalue weighted by Gasteiger charge is -2.26. The fourth-order valence-electron chi connectivity index (χ4n) is 4.58. The van der Waals surface area contributed by atoms with Gasteiger partial charge >= 0.3 is 0 Å². The van der Waals surface area contributed by atoms with Gasteiger partial charge in [0.2, 0.25) is 15.8 Å². The van der Waals surface area contributed by atoms with E-state index in [2.05, 4.69) is 15.5 Å². The van der Waals surface area contributed by atoms with E-state index in [1.807, 2.05) is 13.8 Å². The number of hydrogen-bond donors (Lipinski definition) is 3. The second-order valence-corrected chi connectivity index (χ2v) is 11.9. The van der Waals surface area contributed by atoms with Crippen molar-refractivity contribution in [2.24, 2.45) is 0 Å². The maximum absolute atomic E-state index is 13.1. The van der Waals surface area contributed by atoms with Gasteiger partial charge in [0, 0.05) is 30.9 Å². The van der Waals surface area contributed by atoms with Gasteiger partial charge in [-0.3, -0.25) is 9.36 Å². The van der Waals surface area contributed by atoms with Crippen LogP contribution in [-0.4, -0.2) is 62.7 Å². The molecule has 10 nitrogen and oxygen atoms in total. The highest BCUT2D eigenvalue weighted by Gasteiger charge is 2.30. The summed E-state index contributed by atoms with van der Waals surface area (Å²) in [7, 11) is -3.62. The fourth-order valence-corrected chi connectivity index (χ4v) is 6.10. The van der Waals surface area contributed by atoms with E-state index in [0.29, 0.717) is 29.9 Å². The molecule has 1 saturated heterocycles. The molecule has 11 heteroatoms. The third kappa shape index (κ3) is 4.93. The minimum absolute atomic E-state index is 0.0205. The molecule has 0 radical (unpaired) electrons. The Bertz CT molecular complexity index is 1420. The average molecular weight is 526 g/mol. The summed E-state index contributed by atoms with van der Waals surface area (Å²) in [6, 6.07) is 9.23. The summed E-state index contributed by atoms with van der Waals surface area (Å²) in [5.74, 6) is -0.476. The Hall–Kier alpha value is -3.44. The molecule has 1 aliphatic heterocycles. The summed E-state index contributed by atoms with van der Waals surface area (Å²) < 4.78 is 29.3. The van der Waals surface area contributed by atoms with Crippen molar-refractivity contribution in [2.45, 2.75) is 62.8 Å². The lowest BCUT2D eigenvalue weighted by Crippen LogP contribution is -2.35. The molecular weight excluding hydrogens is 494 g/mol. The smallest absolute Gasteiger partial charge is 0.289 e. The molecule has 0 atom stereocenters. The molecule has 1 aromatic heterocycles. The van der Waals surface area contributed by atoms with Gasteiger partial charge in [-0.05, 0) is 67.5 Å². The van der Waals surface area contributed by atoms with Crippen LogP contribution in [0.15, 0.2) is 41.3 Å². The van der Waals surface area contributed by atoms with Crippen LogP contribution in [0.25, 0.3) is 17.1 Å². The van der Waals surface area contributed by atoms with Crippen molar-refractivity contribution in [2.75, 3.05) is 13.1 Å². The topological polar surface area (TPSA) is 138 Å². The Morgan fingerprint density at radius 1 is 1.00 bits per heavy atom. The van der Waals surface area contributed by atoms with Crippen molar-refractivity contribution in [3.05, 3.63) is 47.8 Å². The Morgan fingerprint density at radius 2 is 1.68 bits per heavy atom. The van der Waals surface area contributed by atoms with Gasteiger partial charge in [0.05, 0.1) is 10.5 Å². The molecule has 5 rings (SSSR count). The number of carbonyl (C=O) groups excluding carboxylic acids is 1. The molecule has 196 valence electrons. The second-order valence-electron chi connectivity index (χ2n) is 9.97. The first kappa shape index (κ1) is 25.2. The lowest BCUT2D eigenvalue weighted by molar-refractivity contribution is 0.0938. The van der Waals surface area contributed by atoms with Gasteiger partial charge in [-0.25, -0.2) is 8.42 Å². The number of nitrogens with one attached hydrogen (secondary N) is 1. The summed E-state index contributed by atoms with van der Waals surface area (Å²) in [5, 5.41) is 32.3. The van der Waals surface area contributed by atoms with Crippen molar-refractivity contribution < 1.29 is 23.4 Å². The molecule has 3 N–H and O–H groups in total. The lowest BCUT2D eigenvalue weighted by atomic mass is 9.98. The number of sulfonamides is 1. The number of benzene rings is 2. The molecule has 0 unspecified atom stereocenters. The number of aromatic hydroxyl groups is 2. The number of amides is 1. The predicted molar refractivity (Wildman–Crippen MR) is 137 cm³/mol. The van der Waals surface area contributed by atoms with E-state index in [-0.39, 0.29) is 40.0 Å². The van der Waals surface area contributed by atoms with E-state index in [4.69, 9.17) is 0 Å². The SMILES string of the molecule is CC(C)c1cc(-c2nnc(C(=O)NC3CC3)n2-c2ccc(S(=O)(=O)N3CCCCC3)cc2)c(O)cc1O. The van der Waals surface area contributed by atoms with Gasteiger partial charge in [0.15, 0.2) is 5.82 Å². The summed E-state index contributed by atoms with van der Waals surface area (Å²) >= 11 is 0. The maximum Gasteiger partial charge on any atom is 0.289 e. The van der Waals surface area contributed by atoms with Gasteiger partial charge in [-0.1, -0.05) is 20.3 Å². The number of rotatable bonds is 7. The summed E-state index contributed by atoms with van der Waals surface area (Å²) in [4.78, 5) is 13.2. The van der Waals surface area contributed by atoms with E-state index < -0.39 is 15.9 Å². The van der Waals surface area contributed by atoms with Crippen molar-refractivity contribution >= 4 is 15.9 Å². The van der Waals surface area contributed by atoms with Crippen LogP contribution in [0.4, 0.5) is 0 Å². The molecule has 0 spiro atoms. The van der Waals surface area contributed by atoms with Gasteiger partial charge in [0.1, 0.15) is 11.5 Å². The molecular formula is C26H31N5O5S. The second kappa shape index (κ2) is 9.79. The Kier molecular flexibility index (Phi) is 6.67. The van der Waals surface area contributed by atoms with Gasteiger partial charge in [-0.2, -0.15) is 4.31 Å². The van der Waals surface area contributed by atoms with Crippen LogP contribution in [0.5, 0.6) is 11.5 Å². The van der Waals surface area contributed by atoms with E-state index in [1.165, 1.54) is 27.1 Å². The average Bonchev–Trinajstić information content (AvgIpc) is 3.58. The molecule has 37 heavy (non-hydrogen) atoms. The number of aromatic nitrogens is 3. The van der Waals surface area contributed by atoms with Crippen LogP contribution in [0.1, 0.15) is 68.1 Å². The standard InChI is InChI=1S/C26H31N5O5S/c1-16(2)20-14-21(23(33)15-22(20)32)24-28-29-25(26(34)27-17-6-7-17)31(24)18-8-10-19(11-9-18)37(35,36)30-12-4-3-5-13-30/h8-11,14-17,32-33H,3-7,12-13H2,1-2H3,(H,27,34). The number of phenols is 2. The maximum atomic E-state index is 13.1. The quantitative estimate of drug-likeness (QED) is 0.429. The van der Waals surface area contributed by atoms with Crippen molar-refractivity contribution in [3.8, 4) is 28.6 Å². The molecule has 3 aromatic rings. The van der Waals surface area contributed by atoms with Crippen LogP contribution < -0.4 is 5.32 Å². The molecule has 2 aliphatic rings. The van der Waals surface area contributed by atoms with Crippen LogP contribution in [0, 0.1) is 0 Å². The van der Waals surface area contributed by atoms with Gasteiger partial charge in [0.25, 0.3) is 5.91 Å². The first-order valence-corrected chi connectivity index (χ1v) is 14.0. The van der Waals surface area contributed by atoms with Gasteiger partial charge in [-0.15, -0.1) is 10.2 Å².